The summed E-state index contributed by atoms with van der Waals surface area (Å²) in [5, 5.41) is 4.74. The fourth-order valence-corrected chi connectivity index (χ4v) is 4.11. The molecule has 1 N–H and O–H groups in total. The van der Waals surface area contributed by atoms with E-state index in [1.54, 1.807) is 35.2 Å². The summed E-state index contributed by atoms with van der Waals surface area (Å²) in [4.78, 5) is 41.0. The summed E-state index contributed by atoms with van der Waals surface area (Å²) in [6, 6.07) is 10.2. The number of carbonyl (C=O) groups excluding carboxylic acids is 3. The molecule has 1 aromatic carbocycles. The van der Waals surface area contributed by atoms with E-state index in [1.807, 2.05) is 11.4 Å². The van der Waals surface area contributed by atoms with Gasteiger partial charge in [-0.2, -0.15) is 0 Å². The second-order valence-corrected chi connectivity index (χ2v) is 7.39. The molecule has 2 saturated heterocycles. The minimum atomic E-state index is -0.486. The molecule has 7 nitrogen and oxygen atoms in total. The first-order valence-electron chi connectivity index (χ1n) is 8.83. The van der Waals surface area contributed by atoms with Crippen LogP contribution in [0.25, 0.3) is 0 Å². The molecule has 27 heavy (non-hydrogen) atoms. The monoisotopic (exact) mass is 385 g/mol. The van der Waals surface area contributed by atoms with Gasteiger partial charge in [-0.25, -0.2) is 4.79 Å². The molecular formula is C19H19N3O4S. The molecule has 140 valence electrons. The van der Waals surface area contributed by atoms with Crippen LogP contribution < -0.4 is 10.2 Å². The van der Waals surface area contributed by atoms with E-state index in [1.165, 1.54) is 16.2 Å². The van der Waals surface area contributed by atoms with Crippen molar-refractivity contribution in [3.05, 3.63) is 46.7 Å². The summed E-state index contributed by atoms with van der Waals surface area (Å²) >= 11 is 1.38. The molecule has 0 spiro atoms. The molecule has 2 aromatic rings. The third-order valence-electron chi connectivity index (χ3n) is 4.73. The number of carbonyl (C=O) groups is 3. The number of thiophene rings is 1. The lowest BCUT2D eigenvalue weighted by Crippen LogP contribution is -2.43. The van der Waals surface area contributed by atoms with E-state index in [0.29, 0.717) is 42.4 Å². The van der Waals surface area contributed by atoms with E-state index in [-0.39, 0.29) is 17.9 Å². The van der Waals surface area contributed by atoms with Gasteiger partial charge >= 0.3 is 6.09 Å². The molecule has 3 heterocycles. The number of hydrogen-bond donors (Lipinski definition) is 1. The van der Waals surface area contributed by atoms with Gasteiger partial charge in [0.15, 0.2) is 0 Å². The molecular weight excluding hydrogens is 366 g/mol. The number of rotatable bonds is 4. The zero-order chi connectivity index (χ0) is 18.8. The maximum Gasteiger partial charge on any atom is 0.414 e. The van der Waals surface area contributed by atoms with Crippen LogP contribution in [0, 0.1) is 0 Å². The molecule has 3 amide bonds. The maximum atomic E-state index is 12.8. The average Bonchev–Trinajstić information content (AvgIpc) is 3.42. The van der Waals surface area contributed by atoms with Gasteiger partial charge in [0.05, 0.1) is 11.4 Å². The number of nitrogens with zero attached hydrogens (tertiary/aromatic N) is 2. The van der Waals surface area contributed by atoms with Crippen molar-refractivity contribution in [2.24, 2.45) is 0 Å². The highest BCUT2D eigenvalue weighted by atomic mass is 32.1. The highest BCUT2D eigenvalue weighted by Gasteiger charge is 2.35. The van der Waals surface area contributed by atoms with Gasteiger partial charge in [0.1, 0.15) is 12.6 Å². The molecule has 2 fully saturated rings. The zero-order valence-corrected chi connectivity index (χ0v) is 15.4. The van der Waals surface area contributed by atoms with Gasteiger partial charge < -0.3 is 15.0 Å². The Balaban J connectivity index is 1.47. The van der Waals surface area contributed by atoms with Gasteiger partial charge in [-0.15, -0.1) is 11.3 Å². The highest BCUT2D eigenvalue weighted by molar-refractivity contribution is 7.12. The Labute approximate surface area is 160 Å². The molecule has 8 heteroatoms. The minimum absolute atomic E-state index is 0.101. The SMILES string of the molecule is O=C(Nc1cccc(N2CCOC2=O)c1)[C@@H]1CCCN1C(=O)c1cccs1. The molecule has 0 aliphatic carbocycles. The van der Waals surface area contributed by atoms with Crippen LogP contribution in [0.4, 0.5) is 16.2 Å². The number of ether oxygens (including phenoxy) is 1. The number of nitrogens with one attached hydrogen (secondary N) is 1. The van der Waals surface area contributed by atoms with E-state index in [4.69, 9.17) is 4.74 Å². The fraction of sp³-hybridized carbons (Fsp3) is 0.316. The Morgan fingerprint density at radius 2 is 2.07 bits per heavy atom. The molecule has 0 unspecified atom stereocenters. The summed E-state index contributed by atoms with van der Waals surface area (Å²) in [6.45, 7) is 1.42. The third kappa shape index (κ3) is 3.52. The van der Waals surface area contributed by atoms with Gasteiger partial charge in [-0.1, -0.05) is 12.1 Å². The molecule has 2 aliphatic rings. The van der Waals surface area contributed by atoms with Gasteiger partial charge in [-0.05, 0) is 42.5 Å². The van der Waals surface area contributed by atoms with Gasteiger partial charge in [-0.3, -0.25) is 14.5 Å². The van der Waals surface area contributed by atoms with Gasteiger partial charge in [0.25, 0.3) is 5.91 Å². The molecule has 4 rings (SSSR count). The molecule has 2 aliphatic heterocycles. The minimum Gasteiger partial charge on any atom is -0.447 e. The van der Waals surface area contributed by atoms with Crippen LogP contribution >= 0.6 is 11.3 Å². The predicted octanol–water partition coefficient (Wildman–Crippen LogP) is 2.95. The number of likely N-dealkylation sites (tertiary alicyclic amines) is 1. The van der Waals surface area contributed by atoms with Crippen molar-refractivity contribution < 1.29 is 19.1 Å². The summed E-state index contributed by atoms with van der Waals surface area (Å²) in [7, 11) is 0. The summed E-state index contributed by atoms with van der Waals surface area (Å²) in [5.41, 5.74) is 1.26. The van der Waals surface area contributed by atoms with E-state index < -0.39 is 6.04 Å². The normalized spacial score (nSPS) is 19.3. The van der Waals surface area contributed by atoms with Crippen molar-refractivity contribution in [1.29, 1.82) is 0 Å². The quantitative estimate of drug-likeness (QED) is 0.878. The van der Waals surface area contributed by atoms with E-state index in [0.717, 1.165) is 6.42 Å². The Morgan fingerprint density at radius 1 is 1.19 bits per heavy atom. The molecule has 0 saturated carbocycles. The molecule has 1 aromatic heterocycles. The van der Waals surface area contributed by atoms with E-state index in [2.05, 4.69) is 5.32 Å². The first kappa shape index (κ1) is 17.5. The number of amides is 3. The van der Waals surface area contributed by atoms with Crippen LogP contribution in [0.2, 0.25) is 0 Å². The average molecular weight is 385 g/mol. The molecule has 0 bridgehead atoms. The van der Waals surface area contributed by atoms with Crippen LogP contribution in [-0.4, -0.2) is 48.5 Å². The zero-order valence-electron chi connectivity index (χ0n) is 14.6. The van der Waals surface area contributed by atoms with Crippen molar-refractivity contribution >= 4 is 40.6 Å². The summed E-state index contributed by atoms with van der Waals surface area (Å²) in [5.74, 6) is -0.310. The Morgan fingerprint density at radius 3 is 2.81 bits per heavy atom. The number of cyclic esters (lactones) is 1. The first-order chi connectivity index (χ1) is 13.1. The number of benzene rings is 1. The van der Waals surface area contributed by atoms with Gasteiger partial charge in [0, 0.05) is 17.9 Å². The third-order valence-corrected chi connectivity index (χ3v) is 5.59. The maximum absolute atomic E-state index is 12.8. The second kappa shape index (κ2) is 7.40. The van der Waals surface area contributed by atoms with E-state index in [9.17, 15) is 14.4 Å². The fourth-order valence-electron chi connectivity index (χ4n) is 3.43. The largest absolute Gasteiger partial charge is 0.447 e. The highest BCUT2D eigenvalue weighted by Crippen LogP contribution is 2.25. The lowest BCUT2D eigenvalue weighted by Gasteiger charge is -2.23. The Bertz CT molecular complexity index is 868. The Kier molecular flexibility index (Phi) is 4.81. The smallest absolute Gasteiger partial charge is 0.414 e. The van der Waals surface area contributed by atoms with Crippen LogP contribution in [0.1, 0.15) is 22.5 Å². The Hall–Kier alpha value is -2.87. The van der Waals surface area contributed by atoms with Crippen LogP contribution in [-0.2, 0) is 9.53 Å². The molecule has 1 atom stereocenters. The standard InChI is InChI=1S/C19H19N3O4S/c23-17(15-6-2-8-22(15)18(24)16-7-3-11-27-16)20-13-4-1-5-14(12-13)21-9-10-26-19(21)25/h1,3-5,7,11-12,15H,2,6,8-10H2,(H,20,23)/t15-/m0/s1. The van der Waals surface area contributed by atoms with Gasteiger partial charge in [0.2, 0.25) is 5.91 Å². The van der Waals surface area contributed by atoms with Crippen molar-refractivity contribution in [2.45, 2.75) is 18.9 Å². The van der Waals surface area contributed by atoms with Crippen molar-refractivity contribution in [2.75, 3.05) is 29.9 Å². The van der Waals surface area contributed by atoms with Crippen molar-refractivity contribution in [1.82, 2.24) is 4.90 Å². The first-order valence-corrected chi connectivity index (χ1v) is 9.71. The summed E-state index contributed by atoms with van der Waals surface area (Å²) in [6.07, 6.45) is 1.05. The number of anilines is 2. The van der Waals surface area contributed by atoms with Crippen LogP contribution in [0.5, 0.6) is 0 Å². The number of hydrogen-bond acceptors (Lipinski definition) is 5. The van der Waals surface area contributed by atoms with Crippen molar-refractivity contribution in [3.63, 3.8) is 0 Å². The molecule has 0 radical (unpaired) electrons. The lowest BCUT2D eigenvalue weighted by atomic mass is 10.2. The lowest BCUT2D eigenvalue weighted by molar-refractivity contribution is -0.119. The van der Waals surface area contributed by atoms with E-state index >= 15 is 0 Å². The predicted molar refractivity (Wildman–Crippen MR) is 102 cm³/mol. The topological polar surface area (TPSA) is 79.0 Å². The van der Waals surface area contributed by atoms with Crippen LogP contribution in [0.3, 0.4) is 0 Å². The van der Waals surface area contributed by atoms with Crippen molar-refractivity contribution in [3.8, 4) is 0 Å². The second-order valence-electron chi connectivity index (χ2n) is 6.44. The van der Waals surface area contributed by atoms with Crippen LogP contribution in [0.15, 0.2) is 41.8 Å². The summed E-state index contributed by atoms with van der Waals surface area (Å²) < 4.78 is 4.95.